The van der Waals surface area contributed by atoms with E-state index in [0.717, 1.165) is 17.9 Å². The third kappa shape index (κ3) is 2.58. The molecule has 0 aliphatic heterocycles. The van der Waals surface area contributed by atoms with E-state index in [1.807, 2.05) is 6.20 Å². The number of nitrogens with zero attached hydrogens (tertiary/aromatic N) is 2. The Bertz CT molecular complexity index is 501. The maximum atomic E-state index is 10.3. The molecule has 0 aromatic carbocycles. The highest BCUT2D eigenvalue weighted by molar-refractivity contribution is 7.12. The first-order valence-electron chi connectivity index (χ1n) is 5.86. The Morgan fingerprint density at radius 2 is 2.24 bits per heavy atom. The van der Waals surface area contributed by atoms with E-state index in [-0.39, 0.29) is 0 Å². The van der Waals surface area contributed by atoms with Gasteiger partial charge >= 0.3 is 0 Å². The van der Waals surface area contributed by atoms with Crippen molar-refractivity contribution in [3.8, 4) is 0 Å². The van der Waals surface area contributed by atoms with Crippen molar-refractivity contribution in [1.82, 2.24) is 9.55 Å². The number of rotatable bonds is 4. The molecule has 4 heteroatoms. The molecular weight excluding hydrogens is 232 g/mol. The second-order valence-electron chi connectivity index (χ2n) is 4.22. The van der Waals surface area contributed by atoms with E-state index in [0.29, 0.717) is 6.42 Å². The summed E-state index contributed by atoms with van der Waals surface area (Å²) < 4.78 is 2.07. The number of hydrogen-bond donors (Lipinski definition) is 1. The second kappa shape index (κ2) is 5.02. The standard InChI is InChI=1S/C13H18N2OS/c1-4-15-6-5-14-13(15)8-12(16)11-7-9(2)17-10(11)3/h5-7,12,16H,4,8H2,1-3H3. The predicted octanol–water partition coefficient (Wildman–Crippen LogP) is 2.86. The average Bonchev–Trinajstić information content (AvgIpc) is 2.84. The third-order valence-electron chi connectivity index (χ3n) is 2.96. The van der Waals surface area contributed by atoms with E-state index in [4.69, 9.17) is 0 Å². The molecule has 2 aromatic heterocycles. The number of aliphatic hydroxyl groups excluding tert-OH is 1. The molecule has 2 rings (SSSR count). The number of aryl methyl sites for hydroxylation is 3. The van der Waals surface area contributed by atoms with Crippen LogP contribution in [-0.4, -0.2) is 14.7 Å². The van der Waals surface area contributed by atoms with Gasteiger partial charge in [-0.15, -0.1) is 11.3 Å². The molecule has 1 N–H and O–H groups in total. The molecule has 0 saturated carbocycles. The maximum Gasteiger partial charge on any atom is 0.111 e. The Labute approximate surface area is 106 Å². The monoisotopic (exact) mass is 250 g/mol. The first-order chi connectivity index (χ1) is 8.11. The van der Waals surface area contributed by atoms with Crippen molar-refractivity contribution >= 4 is 11.3 Å². The van der Waals surface area contributed by atoms with Crippen LogP contribution in [0.5, 0.6) is 0 Å². The number of aromatic nitrogens is 2. The molecule has 0 bridgehead atoms. The number of imidazole rings is 1. The summed E-state index contributed by atoms with van der Waals surface area (Å²) in [6.07, 6.45) is 3.87. The van der Waals surface area contributed by atoms with Crippen LogP contribution in [-0.2, 0) is 13.0 Å². The van der Waals surface area contributed by atoms with Crippen LogP contribution in [0, 0.1) is 13.8 Å². The first-order valence-corrected chi connectivity index (χ1v) is 6.68. The lowest BCUT2D eigenvalue weighted by Gasteiger charge is -2.11. The van der Waals surface area contributed by atoms with E-state index < -0.39 is 6.10 Å². The Hall–Kier alpha value is -1.13. The molecule has 92 valence electrons. The molecular formula is C13H18N2OS. The molecule has 17 heavy (non-hydrogen) atoms. The van der Waals surface area contributed by atoms with Crippen molar-refractivity contribution in [1.29, 1.82) is 0 Å². The van der Waals surface area contributed by atoms with Crippen molar-refractivity contribution in [2.45, 2.75) is 39.8 Å². The van der Waals surface area contributed by atoms with Gasteiger partial charge in [-0.3, -0.25) is 0 Å². The van der Waals surface area contributed by atoms with Gasteiger partial charge < -0.3 is 9.67 Å². The molecule has 2 heterocycles. The Morgan fingerprint density at radius 3 is 2.82 bits per heavy atom. The van der Waals surface area contributed by atoms with Gasteiger partial charge in [-0.1, -0.05) is 0 Å². The molecule has 1 unspecified atom stereocenters. The summed E-state index contributed by atoms with van der Waals surface area (Å²) in [6.45, 7) is 7.10. The van der Waals surface area contributed by atoms with Crippen molar-refractivity contribution < 1.29 is 5.11 Å². The lowest BCUT2D eigenvalue weighted by molar-refractivity contribution is 0.174. The Kier molecular flexibility index (Phi) is 3.64. The predicted molar refractivity (Wildman–Crippen MR) is 70.4 cm³/mol. The highest BCUT2D eigenvalue weighted by Gasteiger charge is 2.15. The minimum atomic E-state index is -0.451. The molecule has 3 nitrogen and oxygen atoms in total. The van der Waals surface area contributed by atoms with Crippen molar-refractivity contribution in [2.75, 3.05) is 0 Å². The summed E-state index contributed by atoms with van der Waals surface area (Å²) in [6, 6.07) is 2.07. The number of thiophene rings is 1. The van der Waals surface area contributed by atoms with E-state index in [1.54, 1.807) is 17.5 Å². The van der Waals surface area contributed by atoms with Crippen LogP contribution in [0.25, 0.3) is 0 Å². The van der Waals surface area contributed by atoms with E-state index in [2.05, 4.69) is 36.4 Å². The van der Waals surface area contributed by atoms with Crippen LogP contribution in [0.15, 0.2) is 18.5 Å². The zero-order valence-corrected chi connectivity index (χ0v) is 11.3. The summed E-state index contributed by atoms with van der Waals surface area (Å²) in [5.74, 6) is 0.947. The molecule has 0 saturated heterocycles. The molecule has 0 fully saturated rings. The van der Waals surface area contributed by atoms with Gasteiger partial charge in [0.2, 0.25) is 0 Å². The topological polar surface area (TPSA) is 38.0 Å². The van der Waals surface area contributed by atoms with Crippen LogP contribution < -0.4 is 0 Å². The summed E-state index contributed by atoms with van der Waals surface area (Å²) >= 11 is 1.73. The highest BCUT2D eigenvalue weighted by Crippen LogP contribution is 2.28. The van der Waals surface area contributed by atoms with Crippen molar-refractivity contribution in [3.63, 3.8) is 0 Å². The molecule has 0 amide bonds. The van der Waals surface area contributed by atoms with E-state index in [1.165, 1.54) is 9.75 Å². The highest BCUT2D eigenvalue weighted by atomic mass is 32.1. The van der Waals surface area contributed by atoms with E-state index >= 15 is 0 Å². The second-order valence-corrected chi connectivity index (χ2v) is 5.68. The van der Waals surface area contributed by atoms with Crippen molar-refractivity contribution in [2.24, 2.45) is 0 Å². The largest absolute Gasteiger partial charge is 0.388 e. The minimum absolute atomic E-state index is 0.451. The number of aliphatic hydroxyl groups is 1. The lowest BCUT2D eigenvalue weighted by atomic mass is 10.1. The van der Waals surface area contributed by atoms with Gasteiger partial charge in [0.05, 0.1) is 6.10 Å². The van der Waals surface area contributed by atoms with Crippen LogP contribution >= 0.6 is 11.3 Å². The Morgan fingerprint density at radius 1 is 1.47 bits per heavy atom. The molecule has 1 atom stereocenters. The average molecular weight is 250 g/mol. The molecule has 2 aromatic rings. The van der Waals surface area contributed by atoms with Gasteiger partial charge in [-0.05, 0) is 32.4 Å². The Balaban J connectivity index is 2.17. The summed E-state index contributed by atoms with van der Waals surface area (Å²) in [5.41, 5.74) is 1.04. The molecule has 0 aliphatic carbocycles. The smallest absolute Gasteiger partial charge is 0.111 e. The lowest BCUT2D eigenvalue weighted by Crippen LogP contribution is -2.08. The summed E-state index contributed by atoms with van der Waals surface area (Å²) in [7, 11) is 0. The van der Waals surface area contributed by atoms with Crippen molar-refractivity contribution in [3.05, 3.63) is 39.6 Å². The van der Waals surface area contributed by atoms with Gasteiger partial charge in [0, 0.05) is 35.1 Å². The van der Waals surface area contributed by atoms with Gasteiger partial charge in [0.1, 0.15) is 5.82 Å². The molecule has 0 aliphatic rings. The zero-order chi connectivity index (χ0) is 12.4. The third-order valence-corrected chi connectivity index (χ3v) is 3.94. The fourth-order valence-electron chi connectivity index (χ4n) is 2.08. The summed E-state index contributed by atoms with van der Waals surface area (Å²) in [5, 5.41) is 10.3. The minimum Gasteiger partial charge on any atom is -0.388 e. The normalized spacial score (nSPS) is 12.9. The van der Waals surface area contributed by atoms with E-state index in [9.17, 15) is 5.11 Å². The van der Waals surface area contributed by atoms with Gasteiger partial charge in [-0.2, -0.15) is 0 Å². The SMILES string of the molecule is CCn1ccnc1CC(O)c1cc(C)sc1C. The van der Waals surface area contributed by atoms with Crippen LogP contribution in [0.2, 0.25) is 0 Å². The zero-order valence-electron chi connectivity index (χ0n) is 10.5. The quantitative estimate of drug-likeness (QED) is 0.906. The van der Waals surface area contributed by atoms with Gasteiger partial charge in [-0.25, -0.2) is 4.98 Å². The first kappa shape index (κ1) is 12.3. The van der Waals surface area contributed by atoms with Gasteiger partial charge in [0.15, 0.2) is 0 Å². The molecule has 0 radical (unpaired) electrons. The van der Waals surface area contributed by atoms with Crippen LogP contribution in [0.4, 0.5) is 0 Å². The molecule has 0 spiro atoms. The van der Waals surface area contributed by atoms with Gasteiger partial charge in [0.25, 0.3) is 0 Å². The number of hydrogen-bond acceptors (Lipinski definition) is 3. The van der Waals surface area contributed by atoms with Crippen LogP contribution in [0.1, 0.15) is 34.2 Å². The maximum absolute atomic E-state index is 10.3. The van der Waals surface area contributed by atoms with Crippen LogP contribution in [0.3, 0.4) is 0 Å². The summed E-state index contributed by atoms with van der Waals surface area (Å²) in [4.78, 5) is 6.74. The fraction of sp³-hybridized carbons (Fsp3) is 0.462. The fourth-order valence-corrected chi connectivity index (χ4v) is 3.06.